The molecule has 0 spiro atoms. The van der Waals surface area contributed by atoms with Gasteiger partial charge < -0.3 is 9.69 Å². The van der Waals surface area contributed by atoms with E-state index in [1.54, 1.807) is 18.0 Å². The standard InChI is InChI=1S/C16H13N3O/c1-11-14(8-20)15-13-5-3-2-4-12(13)6-7-19(15)16(11,9-17)10-18/h2-8,11,14-15H,1H3/t11-,14-,15+/m1/s1. The lowest BCUT2D eigenvalue weighted by atomic mass is 9.81. The number of aldehydes is 1. The number of hydrogen-bond acceptors (Lipinski definition) is 4. The Labute approximate surface area is 117 Å². The van der Waals surface area contributed by atoms with Crippen LogP contribution in [0, 0.1) is 34.5 Å². The Balaban J connectivity index is 2.23. The number of carbonyl (C=O) groups is 1. The van der Waals surface area contributed by atoms with Crippen molar-refractivity contribution in [3.63, 3.8) is 0 Å². The number of nitriles is 2. The molecule has 1 fully saturated rings. The molecule has 0 amide bonds. The molecule has 0 aromatic heterocycles. The van der Waals surface area contributed by atoms with Crippen molar-refractivity contribution in [2.45, 2.75) is 18.5 Å². The number of benzene rings is 1. The summed E-state index contributed by atoms with van der Waals surface area (Å²) >= 11 is 0. The Hall–Kier alpha value is -2.59. The van der Waals surface area contributed by atoms with Crippen molar-refractivity contribution >= 4 is 12.4 Å². The van der Waals surface area contributed by atoms with Crippen molar-refractivity contribution in [1.29, 1.82) is 10.5 Å². The molecule has 0 bridgehead atoms. The molecule has 20 heavy (non-hydrogen) atoms. The lowest BCUT2D eigenvalue weighted by Gasteiger charge is -2.35. The summed E-state index contributed by atoms with van der Waals surface area (Å²) in [5.74, 6) is -0.698. The Morgan fingerprint density at radius 1 is 1.30 bits per heavy atom. The van der Waals surface area contributed by atoms with Gasteiger partial charge in [0.05, 0.1) is 6.04 Å². The molecule has 0 saturated carbocycles. The molecule has 0 N–H and O–H groups in total. The second-order valence-electron chi connectivity index (χ2n) is 5.29. The first-order valence-electron chi connectivity index (χ1n) is 6.53. The minimum absolute atomic E-state index is 0.233. The second-order valence-corrected chi connectivity index (χ2v) is 5.29. The first-order valence-corrected chi connectivity index (χ1v) is 6.53. The number of carbonyl (C=O) groups excluding carboxylic acids is 1. The Kier molecular flexibility index (Phi) is 2.62. The van der Waals surface area contributed by atoms with E-state index < -0.39 is 5.54 Å². The maximum atomic E-state index is 11.5. The van der Waals surface area contributed by atoms with Crippen LogP contribution in [0.5, 0.6) is 0 Å². The molecule has 2 aliphatic heterocycles. The van der Waals surface area contributed by atoms with E-state index in [0.29, 0.717) is 0 Å². The van der Waals surface area contributed by atoms with Gasteiger partial charge in [-0.25, -0.2) is 0 Å². The number of nitrogens with zero attached hydrogens (tertiary/aromatic N) is 3. The molecule has 3 atom stereocenters. The van der Waals surface area contributed by atoms with Crippen LogP contribution in [0.1, 0.15) is 24.1 Å². The zero-order valence-electron chi connectivity index (χ0n) is 11.0. The van der Waals surface area contributed by atoms with Crippen molar-refractivity contribution in [3.05, 3.63) is 41.6 Å². The molecule has 1 aromatic carbocycles. The molecule has 98 valence electrons. The Morgan fingerprint density at radius 3 is 2.65 bits per heavy atom. The molecule has 0 unspecified atom stereocenters. The van der Waals surface area contributed by atoms with Crippen molar-refractivity contribution in [2.75, 3.05) is 0 Å². The largest absolute Gasteiger partial charge is 0.340 e. The molecule has 0 radical (unpaired) electrons. The third-order valence-corrected chi connectivity index (χ3v) is 4.54. The van der Waals surface area contributed by atoms with Gasteiger partial charge in [0.15, 0.2) is 0 Å². The van der Waals surface area contributed by atoms with Crippen LogP contribution >= 0.6 is 0 Å². The van der Waals surface area contributed by atoms with Gasteiger partial charge in [-0.2, -0.15) is 10.5 Å². The van der Waals surface area contributed by atoms with E-state index in [-0.39, 0.29) is 17.9 Å². The lowest BCUT2D eigenvalue weighted by Crippen LogP contribution is -2.43. The minimum atomic E-state index is -1.28. The molecular weight excluding hydrogens is 250 g/mol. The monoisotopic (exact) mass is 263 g/mol. The van der Waals surface area contributed by atoms with Gasteiger partial charge in [0.1, 0.15) is 18.4 Å². The van der Waals surface area contributed by atoms with E-state index in [4.69, 9.17) is 0 Å². The van der Waals surface area contributed by atoms with Crippen molar-refractivity contribution in [2.24, 2.45) is 11.8 Å². The van der Waals surface area contributed by atoms with E-state index in [2.05, 4.69) is 12.1 Å². The van der Waals surface area contributed by atoms with Crippen molar-refractivity contribution in [3.8, 4) is 12.1 Å². The molecule has 4 nitrogen and oxygen atoms in total. The summed E-state index contributed by atoms with van der Waals surface area (Å²) < 4.78 is 0. The van der Waals surface area contributed by atoms with Crippen LogP contribution in [-0.2, 0) is 4.79 Å². The average molecular weight is 263 g/mol. The molecule has 1 saturated heterocycles. The van der Waals surface area contributed by atoms with Gasteiger partial charge in [0, 0.05) is 18.0 Å². The minimum Gasteiger partial charge on any atom is -0.340 e. The van der Waals surface area contributed by atoms with Gasteiger partial charge in [-0.15, -0.1) is 0 Å². The molecule has 0 aliphatic carbocycles. The summed E-state index contributed by atoms with van der Waals surface area (Å²) in [6.45, 7) is 1.81. The molecule has 2 aliphatic rings. The van der Waals surface area contributed by atoms with E-state index in [0.717, 1.165) is 17.4 Å². The normalized spacial score (nSPS) is 28.9. The van der Waals surface area contributed by atoms with Gasteiger partial charge in [-0.05, 0) is 17.2 Å². The van der Waals surface area contributed by atoms with Crippen LogP contribution < -0.4 is 0 Å². The van der Waals surface area contributed by atoms with E-state index in [9.17, 15) is 15.3 Å². The van der Waals surface area contributed by atoms with Crippen LogP contribution in [-0.4, -0.2) is 16.7 Å². The maximum Gasteiger partial charge on any atom is 0.218 e. The summed E-state index contributed by atoms with van der Waals surface area (Å²) in [4.78, 5) is 13.3. The third kappa shape index (κ3) is 1.31. The smallest absolute Gasteiger partial charge is 0.218 e. The zero-order chi connectivity index (χ0) is 14.3. The van der Waals surface area contributed by atoms with Crippen LogP contribution in [0.2, 0.25) is 0 Å². The fraction of sp³-hybridized carbons (Fsp3) is 0.312. The molecule has 3 rings (SSSR count). The van der Waals surface area contributed by atoms with Crippen LogP contribution in [0.4, 0.5) is 0 Å². The molecule has 1 aromatic rings. The van der Waals surface area contributed by atoms with E-state index >= 15 is 0 Å². The summed E-state index contributed by atoms with van der Waals surface area (Å²) in [5, 5.41) is 19.0. The number of fused-ring (bicyclic) bond motifs is 3. The summed E-state index contributed by atoms with van der Waals surface area (Å²) in [5.41, 5.74) is 0.770. The summed E-state index contributed by atoms with van der Waals surface area (Å²) in [6, 6.07) is 11.8. The number of rotatable bonds is 1. The van der Waals surface area contributed by atoms with Gasteiger partial charge in [0.25, 0.3) is 0 Å². The van der Waals surface area contributed by atoms with Crippen LogP contribution in [0.25, 0.3) is 6.08 Å². The van der Waals surface area contributed by atoms with Gasteiger partial charge in [-0.3, -0.25) is 0 Å². The highest BCUT2D eigenvalue weighted by atomic mass is 16.1. The average Bonchev–Trinajstić information content (AvgIpc) is 2.75. The van der Waals surface area contributed by atoms with Crippen LogP contribution in [0.15, 0.2) is 30.5 Å². The first kappa shape index (κ1) is 12.4. The van der Waals surface area contributed by atoms with Crippen molar-refractivity contribution < 1.29 is 4.79 Å². The highest BCUT2D eigenvalue weighted by Crippen LogP contribution is 2.52. The van der Waals surface area contributed by atoms with Gasteiger partial charge in [0.2, 0.25) is 5.54 Å². The summed E-state index contributed by atoms with van der Waals surface area (Å²) in [7, 11) is 0. The van der Waals surface area contributed by atoms with E-state index in [1.807, 2.05) is 30.3 Å². The zero-order valence-corrected chi connectivity index (χ0v) is 11.0. The van der Waals surface area contributed by atoms with E-state index in [1.165, 1.54) is 0 Å². The Bertz CT molecular complexity index is 666. The van der Waals surface area contributed by atoms with Crippen LogP contribution in [0.3, 0.4) is 0 Å². The highest BCUT2D eigenvalue weighted by Gasteiger charge is 2.58. The third-order valence-electron chi connectivity index (χ3n) is 4.54. The highest BCUT2D eigenvalue weighted by molar-refractivity contribution is 5.66. The fourth-order valence-corrected chi connectivity index (χ4v) is 3.39. The van der Waals surface area contributed by atoms with Crippen molar-refractivity contribution in [1.82, 2.24) is 4.90 Å². The molecule has 4 heteroatoms. The lowest BCUT2D eigenvalue weighted by molar-refractivity contribution is -0.112. The topological polar surface area (TPSA) is 67.9 Å². The van der Waals surface area contributed by atoms with Gasteiger partial charge >= 0.3 is 0 Å². The Morgan fingerprint density at radius 2 is 2.00 bits per heavy atom. The molecule has 2 heterocycles. The quantitative estimate of drug-likeness (QED) is 0.729. The second kappa shape index (κ2) is 4.21. The molecular formula is C16H13N3O. The SMILES string of the molecule is C[C@@H]1[C@@H](C=O)[C@@H]2c3ccccc3C=CN2C1(C#N)C#N. The first-order chi connectivity index (χ1) is 9.69. The van der Waals surface area contributed by atoms with Gasteiger partial charge in [-0.1, -0.05) is 31.2 Å². The maximum absolute atomic E-state index is 11.5. The predicted octanol–water partition coefficient (Wildman–Crippen LogP) is 2.26. The number of hydrogen-bond donors (Lipinski definition) is 0. The fourth-order valence-electron chi connectivity index (χ4n) is 3.39. The predicted molar refractivity (Wildman–Crippen MR) is 72.7 cm³/mol. The summed E-state index contributed by atoms with van der Waals surface area (Å²) in [6.07, 6.45) is 4.56.